The van der Waals surface area contributed by atoms with Crippen LogP contribution in [0.2, 0.25) is 0 Å². The van der Waals surface area contributed by atoms with E-state index in [2.05, 4.69) is 25.8 Å². The average molecular weight is 155 g/mol. The summed E-state index contributed by atoms with van der Waals surface area (Å²) >= 11 is 0. The molecule has 1 aliphatic rings. The molecule has 1 rings (SSSR count). The van der Waals surface area contributed by atoms with Gasteiger partial charge < -0.3 is 4.90 Å². The first-order chi connectivity index (χ1) is 5.25. The fourth-order valence-electron chi connectivity index (χ4n) is 2.12. The van der Waals surface area contributed by atoms with Gasteiger partial charge in [0.15, 0.2) is 0 Å². The Hall–Kier alpha value is -0.0400. The second-order valence-corrected chi connectivity index (χ2v) is 3.89. The molecule has 2 atom stereocenters. The van der Waals surface area contributed by atoms with Crippen molar-refractivity contribution in [3.8, 4) is 0 Å². The Morgan fingerprint density at radius 1 is 1.36 bits per heavy atom. The molecule has 0 N–H and O–H groups in total. The summed E-state index contributed by atoms with van der Waals surface area (Å²) in [5.41, 5.74) is 0. The molecule has 11 heavy (non-hydrogen) atoms. The van der Waals surface area contributed by atoms with Gasteiger partial charge in [0.2, 0.25) is 0 Å². The second kappa shape index (κ2) is 4.10. The summed E-state index contributed by atoms with van der Waals surface area (Å²) in [4.78, 5) is 2.52. The first-order valence-corrected chi connectivity index (χ1v) is 4.96. The molecule has 0 unspecified atom stereocenters. The zero-order valence-corrected chi connectivity index (χ0v) is 8.14. The maximum absolute atomic E-state index is 2.52. The highest BCUT2D eigenvalue weighted by atomic mass is 15.1. The minimum Gasteiger partial charge on any atom is -0.303 e. The standard InChI is InChI=1S/C10H21N/c1-4-10-7-5-6-8-11(3)9(10)2/h9-10H,4-8H2,1-3H3/t9-,10+/m0/s1. The molecule has 0 aromatic heterocycles. The van der Waals surface area contributed by atoms with E-state index in [1.165, 1.54) is 32.2 Å². The number of rotatable bonds is 1. The van der Waals surface area contributed by atoms with E-state index in [0.29, 0.717) is 0 Å². The highest BCUT2D eigenvalue weighted by Gasteiger charge is 2.21. The molecule has 0 radical (unpaired) electrons. The van der Waals surface area contributed by atoms with Gasteiger partial charge in [-0.1, -0.05) is 19.8 Å². The summed E-state index contributed by atoms with van der Waals surface area (Å²) < 4.78 is 0. The summed E-state index contributed by atoms with van der Waals surface area (Å²) in [6.45, 7) is 6.00. The third-order valence-electron chi connectivity index (χ3n) is 3.24. The molecule has 0 aliphatic carbocycles. The van der Waals surface area contributed by atoms with Crippen LogP contribution in [0.3, 0.4) is 0 Å². The third-order valence-corrected chi connectivity index (χ3v) is 3.24. The van der Waals surface area contributed by atoms with Crippen molar-refractivity contribution < 1.29 is 0 Å². The van der Waals surface area contributed by atoms with Crippen molar-refractivity contribution in [2.45, 2.75) is 45.6 Å². The van der Waals surface area contributed by atoms with Crippen molar-refractivity contribution >= 4 is 0 Å². The smallest absolute Gasteiger partial charge is 0.00920 e. The van der Waals surface area contributed by atoms with Crippen LogP contribution >= 0.6 is 0 Å². The number of likely N-dealkylation sites (tertiary alicyclic amines) is 1. The Kier molecular flexibility index (Phi) is 3.38. The molecule has 0 saturated carbocycles. The van der Waals surface area contributed by atoms with Crippen LogP contribution in [0.25, 0.3) is 0 Å². The predicted octanol–water partition coefficient (Wildman–Crippen LogP) is 2.52. The van der Waals surface area contributed by atoms with Gasteiger partial charge in [-0.2, -0.15) is 0 Å². The Balaban J connectivity index is 2.49. The van der Waals surface area contributed by atoms with Gasteiger partial charge in [-0.05, 0) is 39.3 Å². The van der Waals surface area contributed by atoms with Gasteiger partial charge >= 0.3 is 0 Å². The van der Waals surface area contributed by atoms with Crippen molar-refractivity contribution in [1.29, 1.82) is 0 Å². The molecule has 1 saturated heterocycles. The van der Waals surface area contributed by atoms with Crippen LogP contribution in [0, 0.1) is 5.92 Å². The maximum atomic E-state index is 2.52. The highest BCUT2D eigenvalue weighted by molar-refractivity contribution is 4.75. The van der Waals surface area contributed by atoms with Gasteiger partial charge in [-0.25, -0.2) is 0 Å². The summed E-state index contributed by atoms with van der Waals surface area (Å²) in [5, 5.41) is 0. The van der Waals surface area contributed by atoms with Crippen LogP contribution in [-0.2, 0) is 0 Å². The van der Waals surface area contributed by atoms with Crippen LogP contribution < -0.4 is 0 Å². The monoisotopic (exact) mass is 155 g/mol. The lowest BCUT2D eigenvalue weighted by atomic mass is 9.94. The summed E-state index contributed by atoms with van der Waals surface area (Å²) in [7, 11) is 2.26. The second-order valence-electron chi connectivity index (χ2n) is 3.89. The first kappa shape index (κ1) is 9.05. The quantitative estimate of drug-likeness (QED) is 0.562. The minimum atomic E-state index is 0.808. The van der Waals surface area contributed by atoms with Gasteiger partial charge in [-0.3, -0.25) is 0 Å². The molecule has 1 nitrogen and oxygen atoms in total. The molecule has 0 aromatic carbocycles. The molecule has 0 bridgehead atoms. The zero-order valence-electron chi connectivity index (χ0n) is 8.14. The largest absolute Gasteiger partial charge is 0.303 e. The van der Waals surface area contributed by atoms with Gasteiger partial charge in [-0.15, -0.1) is 0 Å². The zero-order chi connectivity index (χ0) is 8.27. The highest BCUT2D eigenvalue weighted by Crippen LogP contribution is 2.23. The Morgan fingerprint density at radius 3 is 2.73 bits per heavy atom. The van der Waals surface area contributed by atoms with Crippen molar-refractivity contribution in [1.82, 2.24) is 4.90 Å². The van der Waals surface area contributed by atoms with Crippen molar-refractivity contribution in [3.63, 3.8) is 0 Å². The Bertz CT molecular complexity index is 111. The SMILES string of the molecule is CC[C@@H]1CCCCN(C)[C@H]1C. The normalized spacial score (nSPS) is 35.2. The molecule has 0 amide bonds. The molecule has 0 aromatic rings. The first-order valence-electron chi connectivity index (χ1n) is 4.96. The van der Waals surface area contributed by atoms with Crippen LogP contribution in [0.5, 0.6) is 0 Å². The van der Waals surface area contributed by atoms with Gasteiger partial charge in [0.25, 0.3) is 0 Å². The number of hydrogen-bond donors (Lipinski definition) is 0. The average Bonchev–Trinajstić information content (AvgIpc) is 2.16. The van der Waals surface area contributed by atoms with E-state index in [4.69, 9.17) is 0 Å². The lowest BCUT2D eigenvalue weighted by Crippen LogP contribution is -2.33. The molecular weight excluding hydrogens is 134 g/mol. The van der Waals surface area contributed by atoms with Crippen molar-refractivity contribution in [3.05, 3.63) is 0 Å². The van der Waals surface area contributed by atoms with Crippen LogP contribution in [0.4, 0.5) is 0 Å². The molecule has 1 heterocycles. The van der Waals surface area contributed by atoms with E-state index < -0.39 is 0 Å². The van der Waals surface area contributed by atoms with E-state index in [0.717, 1.165) is 12.0 Å². The summed E-state index contributed by atoms with van der Waals surface area (Å²) in [6, 6.07) is 0.808. The Labute approximate surface area is 70.8 Å². The molecular formula is C10H21N. The van der Waals surface area contributed by atoms with Crippen molar-refractivity contribution in [2.24, 2.45) is 5.92 Å². The van der Waals surface area contributed by atoms with Crippen LogP contribution in [0.1, 0.15) is 39.5 Å². The number of nitrogens with zero attached hydrogens (tertiary/aromatic N) is 1. The van der Waals surface area contributed by atoms with E-state index in [1.54, 1.807) is 0 Å². The van der Waals surface area contributed by atoms with E-state index >= 15 is 0 Å². The molecule has 1 aliphatic heterocycles. The minimum absolute atomic E-state index is 0.808. The van der Waals surface area contributed by atoms with Crippen LogP contribution in [0.15, 0.2) is 0 Å². The lowest BCUT2D eigenvalue weighted by Gasteiger charge is -2.28. The van der Waals surface area contributed by atoms with Gasteiger partial charge in [0.1, 0.15) is 0 Å². The molecule has 0 spiro atoms. The van der Waals surface area contributed by atoms with Gasteiger partial charge in [0, 0.05) is 6.04 Å². The predicted molar refractivity (Wildman–Crippen MR) is 49.7 cm³/mol. The topological polar surface area (TPSA) is 3.24 Å². The van der Waals surface area contributed by atoms with E-state index in [-0.39, 0.29) is 0 Å². The molecule has 1 fully saturated rings. The third kappa shape index (κ3) is 2.19. The number of hydrogen-bond acceptors (Lipinski definition) is 1. The summed E-state index contributed by atoms with van der Waals surface area (Å²) in [5.74, 6) is 0.947. The van der Waals surface area contributed by atoms with Crippen molar-refractivity contribution in [2.75, 3.05) is 13.6 Å². The van der Waals surface area contributed by atoms with E-state index in [9.17, 15) is 0 Å². The molecule has 1 heteroatoms. The van der Waals surface area contributed by atoms with Crippen LogP contribution in [-0.4, -0.2) is 24.5 Å². The Morgan fingerprint density at radius 2 is 2.09 bits per heavy atom. The van der Waals surface area contributed by atoms with Gasteiger partial charge in [0.05, 0.1) is 0 Å². The molecule has 66 valence electrons. The fraction of sp³-hybridized carbons (Fsp3) is 1.00. The fourth-order valence-corrected chi connectivity index (χ4v) is 2.12. The summed E-state index contributed by atoms with van der Waals surface area (Å²) in [6.07, 6.45) is 5.64. The lowest BCUT2D eigenvalue weighted by molar-refractivity contribution is 0.203. The maximum Gasteiger partial charge on any atom is 0.00920 e. The van der Waals surface area contributed by atoms with E-state index in [1.807, 2.05) is 0 Å².